The molecule has 1 aliphatic heterocycles. The molecule has 2 N–H and O–H groups in total. The molecule has 0 saturated carbocycles. The lowest BCUT2D eigenvalue weighted by molar-refractivity contribution is -0.183. The zero-order valence-electron chi connectivity index (χ0n) is 14.6. The minimum absolute atomic E-state index is 0. The van der Waals surface area contributed by atoms with Gasteiger partial charge in [-0.2, -0.15) is 13.2 Å². The fourth-order valence-corrected chi connectivity index (χ4v) is 2.71. The number of nitrogens with zero attached hydrogens (tertiary/aromatic N) is 1. The average Bonchev–Trinajstić information content (AvgIpc) is 2.60. The molecule has 1 unspecified atom stereocenters. The normalized spacial score (nSPS) is 16.3. The number of carbonyl (C=O) groups is 1. The van der Waals surface area contributed by atoms with Gasteiger partial charge in [-0.15, -0.1) is 12.4 Å². The first-order valence-electron chi connectivity index (χ1n) is 7.88. The topological polar surface area (TPSA) is 62.8 Å². The van der Waals surface area contributed by atoms with Crippen LogP contribution in [0.15, 0.2) is 18.2 Å². The summed E-state index contributed by atoms with van der Waals surface area (Å²) < 4.78 is 50.2. The van der Waals surface area contributed by atoms with Crippen LogP contribution >= 0.6 is 12.4 Å². The van der Waals surface area contributed by atoms with Crippen LogP contribution in [0, 0.1) is 0 Å². The minimum atomic E-state index is -4.41. The number of rotatable bonds is 6. The largest absolute Gasteiger partial charge is 0.493 e. The molecule has 1 aromatic rings. The van der Waals surface area contributed by atoms with Gasteiger partial charge in [0.15, 0.2) is 11.5 Å². The highest BCUT2D eigenvalue weighted by Crippen LogP contribution is 2.28. The maximum Gasteiger partial charge on any atom is 0.405 e. The third-order valence-electron chi connectivity index (χ3n) is 4.07. The van der Waals surface area contributed by atoms with Crippen LogP contribution in [0.4, 0.5) is 13.2 Å². The first-order chi connectivity index (χ1) is 11.9. The van der Waals surface area contributed by atoms with Gasteiger partial charge in [0.25, 0.3) is 5.91 Å². The van der Waals surface area contributed by atoms with Gasteiger partial charge < -0.3 is 20.1 Å². The van der Waals surface area contributed by atoms with E-state index in [1.165, 1.54) is 37.3 Å². The number of nitrogens with one attached hydrogen (secondary N) is 2. The zero-order valence-corrected chi connectivity index (χ0v) is 15.4. The Labute approximate surface area is 156 Å². The Morgan fingerprint density at radius 3 is 2.38 bits per heavy atom. The Balaban J connectivity index is 0.00000338. The number of ether oxygens (including phenoxy) is 2. The van der Waals surface area contributed by atoms with E-state index in [2.05, 4.69) is 10.6 Å². The number of hydrogen-bond acceptors (Lipinski definition) is 5. The smallest absolute Gasteiger partial charge is 0.405 e. The summed E-state index contributed by atoms with van der Waals surface area (Å²) >= 11 is 0. The van der Waals surface area contributed by atoms with Crippen LogP contribution in [0.5, 0.6) is 11.5 Å². The Kier molecular flexibility index (Phi) is 8.45. The van der Waals surface area contributed by atoms with Gasteiger partial charge in [0.05, 0.1) is 14.2 Å². The number of methoxy groups -OCH3 is 2. The lowest BCUT2D eigenvalue weighted by atomic mass is 10.1. The van der Waals surface area contributed by atoms with E-state index >= 15 is 0 Å². The van der Waals surface area contributed by atoms with E-state index in [1.54, 1.807) is 0 Å². The summed E-state index contributed by atoms with van der Waals surface area (Å²) in [6, 6.07) is 2.73. The van der Waals surface area contributed by atoms with Gasteiger partial charge in [0.2, 0.25) is 0 Å². The summed E-state index contributed by atoms with van der Waals surface area (Å²) in [5.74, 6) is 0.183. The van der Waals surface area contributed by atoms with Crippen molar-refractivity contribution in [3.05, 3.63) is 23.8 Å². The molecule has 1 aromatic carbocycles. The van der Waals surface area contributed by atoms with Crippen molar-refractivity contribution in [2.75, 3.05) is 46.9 Å². The van der Waals surface area contributed by atoms with E-state index < -0.39 is 24.7 Å². The van der Waals surface area contributed by atoms with E-state index in [4.69, 9.17) is 9.47 Å². The molecule has 6 nitrogen and oxygen atoms in total. The predicted molar refractivity (Wildman–Crippen MR) is 93.4 cm³/mol. The molecule has 0 aromatic heterocycles. The van der Waals surface area contributed by atoms with Gasteiger partial charge in [0.1, 0.15) is 6.04 Å². The third-order valence-corrected chi connectivity index (χ3v) is 4.07. The lowest BCUT2D eigenvalue weighted by Gasteiger charge is -2.35. The molecule has 26 heavy (non-hydrogen) atoms. The van der Waals surface area contributed by atoms with E-state index in [0.717, 1.165) is 0 Å². The van der Waals surface area contributed by atoms with Gasteiger partial charge in [-0.25, -0.2) is 0 Å². The molecule has 1 fully saturated rings. The van der Waals surface area contributed by atoms with Crippen molar-refractivity contribution in [1.29, 1.82) is 0 Å². The van der Waals surface area contributed by atoms with E-state index in [9.17, 15) is 18.0 Å². The number of piperazine rings is 1. The number of carbonyl (C=O) groups excluding carboxylic acids is 1. The molecule has 1 saturated heterocycles. The molecular formula is C16H23ClF3N3O3. The fourth-order valence-electron chi connectivity index (χ4n) is 2.71. The molecule has 0 spiro atoms. The van der Waals surface area contributed by atoms with Crippen molar-refractivity contribution in [1.82, 2.24) is 15.5 Å². The fraction of sp³-hybridized carbons (Fsp3) is 0.562. The Bertz CT molecular complexity index is 596. The van der Waals surface area contributed by atoms with Gasteiger partial charge in [-0.3, -0.25) is 9.69 Å². The monoisotopic (exact) mass is 397 g/mol. The molecule has 10 heteroatoms. The van der Waals surface area contributed by atoms with Crippen LogP contribution in [-0.4, -0.2) is 70.0 Å². The number of benzene rings is 1. The third kappa shape index (κ3) is 5.65. The van der Waals surface area contributed by atoms with Crippen LogP contribution in [0.2, 0.25) is 0 Å². The minimum Gasteiger partial charge on any atom is -0.493 e. The predicted octanol–water partition coefficient (Wildman–Crippen LogP) is 1.69. The van der Waals surface area contributed by atoms with Gasteiger partial charge in [-0.05, 0) is 18.2 Å². The van der Waals surface area contributed by atoms with E-state index in [0.29, 0.717) is 24.6 Å². The van der Waals surface area contributed by atoms with Crippen molar-refractivity contribution in [2.24, 2.45) is 0 Å². The van der Waals surface area contributed by atoms with Crippen molar-refractivity contribution in [3.63, 3.8) is 0 Å². The SMILES string of the molecule is COc1ccc(C(=O)NCC(N2CCNCC2)C(F)(F)F)cc1OC.Cl. The molecule has 148 valence electrons. The average molecular weight is 398 g/mol. The Morgan fingerprint density at radius 1 is 1.23 bits per heavy atom. The second kappa shape index (κ2) is 9.84. The van der Waals surface area contributed by atoms with Crippen LogP contribution < -0.4 is 20.1 Å². The van der Waals surface area contributed by atoms with E-state index in [1.807, 2.05) is 0 Å². The number of hydrogen-bond donors (Lipinski definition) is 2. The summed E-state index contributed by atoms with van der Waals surface area (Å²) in [5.41, 5.74) is 0.207. The van der Waals surface area contributed by atoms with Crippen LogP contribution in [-0.2, 0) is 0 Å². The maximum absolute atomic E-state index is 13.3. The van der Waals surface area contributed by atoms with Gasteiger partial charge in [-0.1, -0.05) is 0 Å². The summed E-state index contributed by atoms with van der Waals surface area (Å²) in [6.07, 6.45) is -4.41. The number of alkyl halides is 3. The number of amides is 1. The highest BCUT2D eigenvalue weighted by atomic mass is 35.5. The van der Waals surface area contributed by atoms with Gasteiger partial charge >= 0.3 is 6.18 Å². The van der Waals surface area contributed by atoms with Crippen LogP contribution in [0.3, 0.4) is 0 Å². The maximum atomic E-state index is 13.3. The van der Waals surface area contributed by atoms with Crippen molar-refractivity contribution in [2.45, 2.75) is 12.2 Å². The van der Waals surface area contributed by atoms with Crippen LogP contribution in [0.25, 0.3) is 0 Å². The highest BCUT2D eigenvalue weighted by molar-refractivity contribution is 5.94. The van der Waals surface area contributed by atoms with Crippen molar-refractivity contribution >= 4 is 18.3 Å². The quantitative estimate of drug-likeness (QED) is 0.765. The zero-order chi connectivity index (χ0) is 18.4. The lowest BCUT2D eigenvalue weighted by Crippen LogP contribution is -2.57. The molecule has 0 radical (unpaired) electrons. The molecule has 1 aliphatic rings. The van der Waals surface area contributed by atoms with Gasteiger partial charge in [0, 0.05) is 38.3 Å². The molecule has 1 atom stereocenters. The highest BCUT2D eigenvalue weighted by Gasteiger charge is 2.43. The molecule has 1 heterocycles. The Morgan fingerprint density at radius 2 is 1.85 bits per heavy atom. The summed E-state index contributed by atoms with van der Waals surface area (Å²) in [5, 5.41) is 5.39. The van der Waals surface area contributed by atoms with Crippen molar-refractivity contribution < 1.29 is 27.4 Å². The first-order valence-corrected chi connectivity index (χ1v) is 7.88. The van der Waals surface area contributed by atoms with E-state index in [-0.39, 0.29) is 31.1 Å². The standard InChI is InChI=1S/C16H22F3N3O3.ClH/c1-24-12-4-3-11(9-13(12)25-2)15(23)21-10-14(16(17,18)19)22-7-5-20-6-8-22;/h3-4,9,14,20H,5-8,10H2,1-2H3,(H,21,23);1H. The molecular weight excluding hydrogens is 375 g/mol. The summed E-state index contributed by atoms with van der Waals surface area (Å²) in [6.45, 7) is 1.07. The Hall–Kier alpha value is -1.71. The second-order valence-electron chi connectivity index (χ2n) is 5.62. The summed E-state index contributed by atoms with van der Waals surface area (Å²) in [4.78, 5) is 13.6. The van der Waals surface area contributed by atoms with Crippen molar-refractivity contribution in [3.8, 4) is 11.5 Å². The second-order valence-corrected chi connectivity index (χ2v) is 5.62. The first kappa shape index (κ1) is 22.3. The number of halogens is 4. The molecule has 2 rings (SSSR count). The molecule has 0 bridgehead atoms. The molecule has 1 amide bonds. The summed E-state index contributed by atoms with van der Waals surface area (Å²) in [7, 11) is 2.88. The van der Waals surface area contributed by atoms with Crippen LogP contribution in [0.1, 0.15) is 10.4 Å². The molecule has 0 aliphatic carbocycles.